The van der Waals surface area contributed by atoms with Crippen molar-refractivity contribution in [2.75, 3.05) is 20.7 Å². The Morgan fingerprint density at radius 1 is 1.07 bits per heavy atom. The fraction of sp³-hybridized carbons (Fsp3) is 0.440. The van der Waals surface area contributed by atoms with Crippen molar-refractivity contribution in [3.63, 3.8) is 0 Å². The Bertz CT molecular complexity index is 835. The van der Waals surface area contributed by atoms with E-state index in [4.69, 9.17) is 4.74 Å². The van der Waals surface area contributed by atoms with E-state index in [9.17, 15) is 9.59 Å². The van der Waals surface area contributed by atoms with Crippen molar-refractivity contribution in [1.82, 2.24) is 10.2 Å². The van der Waals surface area contributed by atoms with Crippen LogP contribution in [0, 0.1) is 0 Å². The van der Waals surface area contributed by atoms with Crippen LogP contribution in [0.5, 0.6) is 0 Å². The number of benzene rings is 2. The molecule has 1 aliphatic heterocycles. The van der Waals surface area contributed by atoms with E-state index < -0.39 is 0 Å². The van der Waals surface area contributed by atoms with Crippen LogP contribution in [-0.4, -0.2) is 55.5 Å². The van der Waals surface area contributed by atoms with Gasteiger partial charge in [0.05, 0.1) is 12.1 Å². The second-order valence-corrected chi connectivity index (χ2v) is 8.21. The van der Waals surface area contributed by atoms with Crippen molar-refractivity contribution in [2.24, 2.45) is 0 Å². The Hall–Kier alpha value is -2.50. The summed E-state index contributed by atoms with van der Waals surface area (Å²) in [6, 6.07) is 17.5. The molecule has 5 nitrogen and oxygen atoms in total. The zero-order valence-electron chi connectivity index (χ0n) is 18.1. The number of carbonyl (C=O) groups excluding carboxylic acids is 2. The van der Waals surface area contributed by atoms with Crippen LogP contribution in [0.4, 0.5) is 0 Å². The number of likely N-dealkylation sites (N-methyl/N-ethyl adjacent to an activating group) is 1. The lowest BCUT2D eigenvalue weighted by molar-refractivity contribution is 0.0600. The number of carbonyl (C=O) groups is 2. The highest BCUT2D eigenvalue weighted by Gasteiger charge is 2.27. The summed E-state index contributed by atoms with van der Waals surface area (Å²) in [5.74, 6) is 0.171. The summed E-state index contributed by atoms with van der Waals surface area (Å²) in [5.41, 5.74) is 2.62. The van der Waals surface area contributed by atoms with E-state index in [2.05, 4.69) is 5.32 Å². The van der Waals surface area contributed by atoms with Crippen molar-refractivity contribution in [3.05, 3.63) is 71.3 Å². The molecule has 3 unspecified atom stereocenters. The summed E-state index contributed by atoms with van der Waals surface area (Å²) < 4.78 is 5.24. The Kier molecular flexibility index (Phi) is 7.77. The van der Waals surface area contributed by atoms with E-state index in [1.165, 1.54) is 5.56 Å². The number of hydrogen-bond donors (Lipinski definition) is 1. The minimum Gasteiger partial charge on any atom is -0.380 e. The quantitative estimate of drug-likeness (QED) is 0.676. The van der Waals surface area contributed by atoms with Gasteiger partial charge in [0.1, 0.15) is 0 Å². The molecule has 2 aromatic carbocycles. The number of amides is 1. The summed E-state index contributed by atoms with van der Waals surface area (Å²) in [4.78, 5) is 27.0. The molecule has 3 atom stereocenters. The smallest absolute Gasteiger partial charge is 0.253 e. The van der Waals surface area contributed by atoms with Gasteiger partial charge in [-0.15, -0.1) is 0 Å². The van der Waals surface area contributed by atoms with Gasteiger partial charge in [-0.1, -0.05) is 42.5 Å². The van der Waals surface area contributed by atoms with Crippen LogP contribution in [0.25, 0.3) is 0 Å². The topological polar surface area (TPSA) is 58.6 Å². The molecule has 3 rings (SSSR count). The zero-order valence-corrected chi connectivity index (χ0v) is 18.1. The zero-order chi connectivity index (χ0) is 21.5. The molecule has 160 valence electrons. The lowest BCUT2D eigenvalue weighted by Crippen LogP contribution is -2.47. The third kappa shape index (κ3) is 5.77. The van der Waals surface area contributed by atoms with Crippen LogP contribution >= 0.6 is 0 Å². The molecule has 1 amide bonds. The van der Waals surface area contributed by atoms with Gasteiger partial charge in [0.15, 0.2) is 5.78 Å². The molecule has 0 spiro atoms. The highest BCUT2D eigenvalue weighted by atomic mass is 16.5. The molecule has 0 radical (unpaired) electrons. The minimum atomic E-state index is -0.122. The first-order chi connectivity index (χ1) is 14.5. The van der Waals surface area contributed by atoms with Crippen molar-refractivity contribution < 1.29 is 14.3 Å². The third-order valence-electron chi connectivity index (χ3n) is 5.82. The van der Waals surface area contributed by atoms with Gasteiger partial charge >= 0.3 is 0 Å². The van der Waals surface area contributed by atoms with E-state index in [-0.39, 0.29) is 29.9 Å². The van der Waals surface area contributed by atoms with Gasteiger partial charge in [0.25, 0.3) is 5.91 Å². The average molecular weight is 409 g/mol. The van der Waals surface area contributed by atoms with E-state index in [0.29, 0.717) is 12.1 Å². The Balaban J connectivity index is 1.57. The second-order valence-electron chi connectivity index (χ2n) is 8.21. The van der Waals surface area contributed by atoms with Crippen LogP contribution in [0.2, 0.25) is 0 Å². The van der Waals surface area contributed by atoms with Crippen molar-refractivity contribution in [2.45, 2.75) is 50.8 Å². The van der Waals surface area contributed by atoms with E-state index in [1.807, 2.05) is 61.5 Å². The first kappa shape index (κ1) is 22.2. The minimum absolute atomic E-state index is 0.00198. The van der Waals surface area contributed by atoms with Gasteiger partial charge in [-0.2, -0.15) is 0 Å². The molecule has 5 heteroatoms. The highest BCUT2D eigenvalue weighted by Crippen LogP contribution is 2.20. The van der Waals surface area contributed by atoms with Gasteiger partial charge in [0.2, 0.25) is 0 Å². The van der Waals surface area contributed by atoms with Crippen LogP contribution in [0.1, 0.15) is 52.5 Å². The number of Topliss-reactive ketones (excluding diaryl/α,β-unsaturated/α-hetero) is 1. The second kappa shape index (κ2) is 10.5. The first-order valence-corrected chi connectivity index (χ1v) is 10.7. The summed E-state index contributed by atoms with van der Waals surface area (Å²) in [7, 11) is 3.44. The number of rotatable bonds is 8. The molecule has 0 saturated carbocycles. The molecule has 0 bridgehead atoms. The van der Waals surface area contributed by atoms with Gasteiger partial charge in [-0.25, -0.2) is 0 Å². The predicted octanol–water partition coefficient (Wildman–Crippen LogP) is 3.73. The maximum atomic E-state index is 12.8. The average Bonchev–Trinajstić information content (AvgIpc) is 2.79. The maximum absolute atomic E-state index is 12.8. The predicted molar refractivity (Wildman–Crippen MR) is 119 cm³/mol. The number of hydrogen-bond acceptors (Lipinski definition) is 4. The SMILES string of the molecule is COC(C)CN(C)C(=O)c1ccc(CC2CCCC(C(=O)c3ccccc3)N2)cc1. The molecule has 1 N–H and O–H groups in total. The lowest BCUT2D eigenvalue weighted by atomic mass is 9.90. The summed E-state index contributed by atoms with van der Waals surface area (Å²) in [6.07, 6.45) is 3.83. The van der Waals surface area contributed by atoms with E-state index in [1.54, 1.807) is 19.1 Å². The normalized spacial score (nSPS) is 19.8. The fourth-order valence-electron chi connectivity index (χ4n) is 4.02. The number of nitrogens with one attached hydrogen (secondary N) is 1. The molecule has 1 heterocycles. The summed E-state index contributed by atoms with van der Waals surface area (Å²) in [5, 5.41) is 3.55. The molecule has 0 aliphatic carbocycles. The lowest BCUT2D eigenvalue weighted by Gasteiger charge is -2.30. The monoisotopic (exact) mass is 408 g/mol. The Morgan fingerprint density at radius 3 is 2.43 bits per heavy atom. The van der Waals surface area contributed by atoms with Crippen LogP contribution < -0.4 is 5.32 Å². The van der Waals surface area contributed by atoms with E-state index in [0.717, 1.165) is 31.2 Å². The number of methoxy groups -OCH3 is 1. The van der Waals surface area contributed by atoms with Crippen molar-refractivity contribution >= 4 is 11.7 Å². The third-order valence-corrected chi connectivity index (χ3v) is 5.82. The standard InChI is InChI=1S/C25H32N2O3/c1-18(30-3)17-27(2)25(29)21-14-12-19(13-15-21)16-22-10-7-11-23(26-22)24(28)20-8-5-4-6-9-20/h4-6,8-9,12-15,18,22-23,26H,7,10-11,16-17H2,1-3H3. The van der Waals surface area contributed by atoms with E-state index >= 15 is 0 Å². The number of ketones is 1. The van der Waals surface area contributed by atoms with Gasteiger partial charge < -0.3 is 15.0 Å². The Morgan fingerprint density at radius 2 is 1.77 bits per heavy atom. The molecule has 0 aromatic heterocycles. The molecule has 1 saturated heterocycles. The molecule has 1 fully saturated rings. The number of piperidine rings is 1. The maximum Gasteiger partial charge on any atom is 0.253 e. The molecule has 2 aromatic rings. The van der Waals surface area contributed by atoms with Crippen molar-refractivity contribution in [1.29, 1.82) is 0 Å². The van der Waals surface area contributed by atoms with Crippen molar-refractivity contribution in [3.8, 4) is 0 Å². The van der Waals surface area contributed by atoms with Gasteiger partial charge in [-0.05, 0) is 50.3 Å². The van der Waals surface area contributed by atoms with Crippen LogP contribution in [-0.2, 0) is 11.2 Å². The van der Waals surface area contributed by atoms with Gasteiger partial charge in [0, 0.05) is 37.9 Å². The molecular formula is C25H32N2O3. The number of nitrogens with zero attached hydrogens (tertiary/aromatic N) is 1. The molecule has 1 aliphatic rings. The summed E-state index contributed by atoms with van der Waals surface area (Å²) >= 11 is 0. The van der Waals surface area contributed by atoms with Crippen LogP contribution in [0.15, 0.2) is 54.6 Å². The molecule has 30 heavy (non-hydrogen) atoms. The Labute approximate surface area is 179 Å². The fourth-order valence-corrected chi connectivity index (χ4v) is 4.02. The van der Waals surface area contributed by atoms with Crippen LogP contribution in [0.3, 0.4) is 0 Å². The first-order valence-electron chi connectivity index (χ1n) is 10.7. The molecular weight excluding hydrogens is 376 g/mol. The number of ether oxygens (including phenoxy) is 1. The summed E-state index contributed by atoms with van der Waals surface area (Å²) in [6.45, 7) is 2.50. The van der Waals surface area contributed by atoms with Gasteiger partial charge in [-0.3, -0.25) is 9.59 Å². The largest absolute Gasteiger partial charge is 0.380 e. The highest BCUT2D eigenvalue weighted by molar-refractivity contribution is 6.00.